The number of nitrogens with zero attached hydrogens (tertiary/aromatic N) is 1. The number of carbonyl (C=O) groups is 1. The van der Waals surface area contributed by atoms with Crippen molar-refractivity contribution in [2.45, 2.75) is 19.3 Å². The number of ether oxygens (including phenoxy) is 1. The largest absolute Gasteiger partial charge is 0.381 e. The standard InChI is InChI=1S/C10H13NO2S/c12-7-9-6-11-10(14-9)5-8-1-3-13-4-2-8/h6-8H,1-5H2. The second-order valence-electron chi connectivity index (χ2n) is 3.53. The Balaban J connectivity index is 1.92. The second-order valence-corrected chi connectivity index (χ2v) is 4.68. The number of carbonyl (C=O) groups excluding carboxylic acids is 1. The molecule has 1 aromatic rings. The van der Waals surface area contributed by atoms with Crippen LogP contribution in [0.4, 0.5) is 0 Å². The lowest BCUT2D eigenvalue weighted by Crippen LogP contribution is -2.17. The first-order valence-corrected chi connectivity index (χ1v) is 5.68. The summed E-state index contributed by atoms with van der Waals surface area (Å²) in [7, 11) is 0. The monoisotopic (exact) mass is 211 g/mol. The molecule has 0 atom stereocenters. The van der Waals surface area contributed by atoms with Gasteiger partial charge in [-0.05, 0) is 18.8 Å². The van der Waals surface area contributed by atoms with E-state index in [0.29, 0.717) is 5.92 Å². The fourth-order valence-electron chi connectivity index (χ4n) is 1.67. The minimum atomic E-state index is 0.689. The van der Waals surface area contributed by atoms with Gasteiger partial charge in [0.15, 0.2) is 6.29 Å². The van der Waals surface area contributed by atoms with Crippen molar-refractivity contribution in [2.24, 2.45) is 5.92 Å². The van der Waals surface area contributed by atoms with Crippen LogP contribution in [0.25, 0.3) is 0 Å². The molecule has 0 spiro atoms. The van der Waals surface area contributed by atoms with Crippen LogP contribution in [0.1, 0.15) is 27.5 Å². The third-order valence-corrected chi connectivity index (χ3v) is 3.44. The van der Waals surface area contributed by atoms with Gasteiger partial charge < -0.3 is 4.74 Å². The summed E-state index contributed by atoms with van der Waals surface area (Å²) in [6.45, 7) is 1.74. The lowest BCUT2D eigenvalue weighted by atomic mass is 9.97. The van der Waals surface area contributed by atoms with Crippen molar-refractivity contribution in [3.8, 4) is 0 Å². The predicted octanol–water partition coefficient (Wildman–Crippen LogP) is 1.92. The third kappa shape index (κ3) is 2.39. The molecule has 76 valence electrons. The number of thiazole rings is 1. The van der Waals surface area contributed by atoms with E-state index in [1.807, 2.05) is 0 Å². The van der Waals surface area contributed by atoms with E-state index < -0.39 is 0 Å². The molecule has 2 heterocycles. The number of hydrogen-bond donors (Lipinski definition) is 0. The number of rotatable bonds is 3. The van der Waals surface area contributed by atoms with Gasteiger partial charge in [-0.25, -0.2) is 4.98 Å². The van der Waals surface area contributed by atoms with Crippen LogP contribution < -0.4 is 0 Å². The average molecular weight is 211 g/mol. The molecular weight excluding hydrogens is 198 g/mol. The van der Waals surface area contributed by atoms with Crippen molar-refractivity contribution in [2.75, 3.05) is 13.2 Å². The SMILES string of the molecule is O=Cc1cnc(CC2CCOCC2)s1. The van der Waals surface area contributed by atoms with Gasteiger partial charge in [0.1, 0.15) is 0 Å². The van der Waals surface area contributed by atoms with Crippen LogP contribution >= 0.6 is 11.3 Å². The smallest absolute Gasteiger partial charge is 0.161 e. The van der Waals surface area contributed by atoms with Crippen LogP contribution in [0, 0.1) is 5.92 Å². The lowest BCUT2D eigenvalue weighted by Gasteiger charge is -2.20. The molecule has 0 N–H and O–H groups in total. The summed E-state index contributed by atoms with van der Waals surface area (Å²) >= 11 is 1.51. The summed E-state index contributed by atoms with van der Waals surface area (Å²) in [4.78, 5) is 15.4. The summed E-state index contributed by atoms with van der Waals surface area (Å²) in [5.41, 5.74) is 0. The Morgan fingerprint density at radius 2 is 2.36 bits per heavy atom. The summed E-state index contributed by atoms with van der Waals surface area (Å²) in [5.74, 6) is 0.689. The van der Waals surface area contributed by atoms with Crippen LogP contribution in [0.15, 0.2) is 6.20 Å². The normalized spacial score (nSPS) is 18.3. The van der Waals surface area contributed by atoms with E-state index in [4.69, 9.17) is 4.74 Å². The minimum absolute atomic E-state index is 0.689. The molecule has 0 bridgehead atoms. The molecule has 0 unspecified atom stereocenters. The fraction of sp³-hybridized carbons (Fsp3) is 0.600. The first kappa shape index (κ1) is 9.80. The number of aldehydes is 1. The van der Waals surface area contributed by atoms with Crippen LogP contribution in [-0.4, -0.2) is 24.5 Å². The van der Waals surface area contributed by atoms with Gasteiger partial charge in [-0.3, -0.25) is 4.79 Å². The first-order chi connectivity index (χ1) is 6.88. The van der Waals surface area contributed by atoms with E-state index >= 15 is 0 Å². The van der Waals surface area contributed by atoms with Crippen molar-refractivity contribution < 1.29 is 9.53 Å². The van der Waals surface area contributed by atoms with E-state index in [-0.39, 0.29) is 0 Å². The van der Waals surface area contributed by atoms with E-state index in [1.165, 1.54) is 11.3 Å². The van der Waals surface area contributed by atoms with Gasteiger partial charge in [0.2, 0.25) is 0 Å². The second kappa shape index (κ2) is 4.66. The van der Waals surface area contributed by atoms with Crippen LogP contribution in [0.3, 0.4) is 0 Å². The Bertz CT molecular complexity index is 305. The zero-order valence-electron chi connectivity index (χ0n) is 7.94. The topological polar surface area (TPSA) is 39.2 Å². The van der Waals surface area contributed by atoms with Gasteiger partial charge in [0.25, 0.3) is 0 Å². The van der Waals surface area contributed by atoms with Crippen molar-refractivity contribution in [1.82, 2.24) is 4.98 Å². The first-order valence-electron chi connectivity index (χ1n) is 4.86. The number of hydrogen-bond acceptors (Lipinski definition) is 4. The van der Waals surface area contributed by atoms with Gasteiger partial charge in [0, 0.05) is 25.8 Å². The molecule has 0 aromatic carbocycles. The summed E-state index contributed by atoms with van der Waals surface area (Å²) in [6, 6.07) is 0. The molecule has 1 saturated heterocycles. The van der Waals surface area contributed by atoms with Gasteiger partial charge in [-0.2, -0.15) is 0 Å². The van der Waals surface area contributed by atoms with Crippen LogP contribution in [0.2, 0.25) is 0 Å². The van der Waals surface area contributed by atoms with E-state index in [1.54, 1.807) is 6.20 Å². The maximum Gasteiger partial charge on any atom is 0.161 e. The molecule has 1 fully saturated rings. The Morgan fingerprint density at radius 3 is 3.00 bits per heavy atom. The summed E-state index contributed by atoms with van der Waals surface area (Å²) < 4.78 is 5.29. The van der Waals surface area contributed by atoms with Gasteiger partial charge in [0.05, 0.1) is 9.88 Å². The Hall–Kier alpha value is -0.740. The molecule has 1 aliphatic heterocycles. The van der Waals surface area contributed by atoms with E-state index in [2.05, 4.69) is 4.98 Å². The molecule has 0 saturated carbocycles. The lowest BCUT2D eigenvalue weighted by molar-refractivity contribution is 0.0665. The van der Waals surface area contributed by atoms with Gasteiger partial charge >= 0.3 is 0 Å². The fourth-order valence-corrected chi connectivity index (χ4v) is 2.52. The molecule has 2 rings (SSSR count). The molecule has 1 aromatic heterocycles. The van der Waals surface area contributed by atoms with Crippen molar-refractivity contribution >= 4 is 17.6 Å². The quantitative estimate of drug-likeness (QED) is 0.717. The molecule has 3 nitrogen and oxygen atoms in total. The summed E-state index contributed by atoms with van der Waals surface area (Å²) in [6.07, 6.45) is 5.77. The molecule has 0 radical (unpaired) electrons. The molecule has 1 aliphatic rings. The molecule has 0 amide bonds. The highest BCUT2D eigenvalue weighted by molar-refractivity contribution is 7.13. The highest BCUT2D eigenvalue weighted by atomic mass is 32.1. The molecule has 4 heteroatoms. The zero-order chi connectivity index (χ0) is 9.80. The van der Waals surface area contributed by atoms with Crippen LogP contribution in [0.5, 0.6) is 0 Å². The maximum atomic E-state index is 10.5. The van der Waals surface area contributed by atoms with Crippen LogP contribution in [-0.2, 0) is 11.2 Å². The Labute approximate surface area is 87.1 Å². The van der Waals surface area contributed by atoms with Crippen molar-refractivity contribution in [1.29, 1.82) is 0 Å². The van der Waals surface area contributed by atoms with Crippen molar-refractivity contribution in [3.05, 3.63) is 16.1 Å². The predicted molar refractivity (Wildman–Crippen MR) is 54.7 cm³/mol. The highest BCUT2D eigenvalue weighted by Crippen LogP contribution is 2.22. The van der Waals surface area contributed by atoms with E-state index in [9.17, 15) is 4.79 Å². The Morgan fingerprint density at radius 1 is 1.57 bits per heavy atom. The molecular formula is C10H13NO2S. The molecule has 0 aliphatic carbocycles. The highest BCUT2D eigenvalue weighted by Gasteiger charge is 2.15. The van der Waals surface area contributed by atoms with Crippen molar-refractivity contribution in [3.63, 3.8) is 0 Å². The van der Waals surface area contributed by atoms with Gasteiger partial charge in [-0.15, -0.1) is 11.3 Å². The maximum absolute atomic E-state index is 10.5. The van der Waals surface area contributed by atoms with Gasteiger partial charge in [-0.1, -0.05) is 0 Å². The minimum Gasteiger partial charge on any atom is -0.381 e. The van der Waals surface area contributed by atoms with E-state index in [0.717, 1.165) is 48.6 Å². The zero-order valence-corrected chi connectivity index (χ0v) is 8.76. The third-order valence-electron chi connectivity index (χ3n) is 2.49. The Kier molecular flexibility index (Phi) is 3.26. The summed E-state index contributed by atoms with van der Waals surface area (Å²) in [5, 5.41) is 1.08. The molecule has 14 heavy (non-hydrogen) atoms. The average Bonchev–Trinajstić information content (AvgIpc) is 2.67. The number of aromatic nitrogens is 1.